The van der Waals surface area contributed by atoms with E-state index < -0.39 is 0 Å². The molecule has 0 saturated carbocycles. The van der Waals surface area contributed by atoms with Crippen molar-refractivity contribution in [3.05, 3.63) is 21.9 Å². The molecule has 1 aromatic heterocycles. The van der Waals surface area contributed by atoms with Crippen LogP contribution < -0.4 is 5.43 Å². The van der Waals surface area contributed by atoms with Gasteiger partial charge in [-0.3, -0.25) is 10.2 Å². The fourth-order valence-corrected chi connectivity index (χ4v) is 3.32. The predicted molar refractivity (Wildman–Crippen MR) is 85.0 cm³/mol. The quantitative estimate of drug-likeness (QED) is 0.843. The lowest BCUT2D eigenvalue weighted by molar-refractivity contribution is 0.0373. The van der Waals surface area contributed by atoms with E-state index in [0.717, 1.165) is 17.7 Å². The van der Waals surface area contributed by atoms with E-state index in [-0.39, 0.29) is 12.5 Å². The molecular formula is C16H22N2O2S. The first-order valence-corrected chi connectivity index (χ1v) is 8.22. The van der Waals surface area contributed by atoms with Crippen LogP contribution in [0.15, 0.2) is 12.1 Å². The van der Waals surface area contributed by atoms with Crippen molar-refractivity contribution in [2.45, 2.75) is 51.6 Å². The third kappa shape index (κ3) is 4.31. The Bertz CT molecular complexity index is 534. The van der Waals surface area contributed by atoms with Gasteiger partial charge in [0.1, 0.15) is 0 Å². The van der Waals surface area contributed by atoms with Gasteiger partial charge in [0.15, 0.2) is 0 Å². The highest BCUT2D eigenvalue weighted by atomic mass is 32.1. The van der Waals surface area contributed by atoms with Crippen LogP contribution in [0.4, 0.5) is 0 Å². The molecule has 1 saturated heterocycles. The van der Waals surface area contributed by atoms with Gasteiger partial charge in [0.05, 0.1) is 16.4 Å². The minimum absolute atomic E-state index is 0.0594. The molecule has 0 radical (unpaired) electrons. The lowest BCUT2D eigenvalue weighted by Crippen LogP contribution is -2.53. The van der Waals surface area contributed by atoms with Gasteiger partial charge in [-0.15, -0.1) is 11.3 Å². The van der Waals surface area contributed by atoms with Crippen molar-refractivity contribution in [1.82, 2.24) is 10.4 Å². The Balaban J connectivity index is 1.99. The smallest absolute Gasteiger partial charge is 0.275 e. The van der Waals surface area contributed by atoms with Crippen molar-refractivity contribution in [1.29, 1.82) is 0 Å². The molecule has 4 nitrogen and oxygen atoms in total. The molecular weight excluding hydrogens is 284 g/mol. The molecule has 0 aromatic carbocycles. The topological polar surface area (TPSA) is 52.6 Å². The van der Waals surface area contributed by atoms with E-state index >= 15 is 0 Å². The number of hydrogen-bond acceptors (Lipinski definition) is 4. The molecule has 0 aliphatic carbocycles. The summed E-state index contributed by atoms with van der Waals surface area (Å²) in [4.78, 5) is 13.8. The average Bonchev–Trinajstić information content (AvgIpc) is 2.92. The van der Waals surface area contributed by atoms with Gasteiger partial charge in [0, 0.05) is 18.5 Å². The number of carbonyl (C=O) groups is 1. The minimum atomic E-state index is -0.0594. The maximum absolute atomic E-state index is 12.3. The largest absolute Gasteiger partial charge is 0.395 e. The lowest BCUT2D eigenvalue weighted by Gasteiger charge is -2.38. The normalized spacial score (nSPS) is 22.4. The summed E-state index contributed by atoms with van der Waals surface area (Å²) in [5.41, 5.74) is 3.03. The minimum Gasteiger partial charge on any atom is -0.395 e. The number of piperidine rings is 1. The van der Waals surface area contributed by atoms with Gasteiger partial charge in [-0.05, 0) is 38.8 Å². The first-order valence-electron chi connectivity index (χ1n) is 7.40. The number of nitrogens with one attached hydrogen (secondary N) is 1. The molecule has 0 bridgehead atoms. The monoisotopic (exact) mass is 306 g/mol. The maximum atomic E-state index is 12.3. The number of carbonyl (C=O) groups excluding carboxylic acids is 1. The third-order valence-corrected chi connectivity index (χ3v) is 4.70. The van der Waals surface area contributed by atoms with Gasteiger partial charge in [0.25, 0.3) is 5.91 Å². The Labute approximate surface area is 130 Å². The Kier molecular flexibility index (Phi) is 5.80. The first kappa shape index (κ1) is 16.0. The molecule has 1 aliphatic rings. The van der Waals surface area contributed by atoms with Gasteiger partial charge in [-0.1, -0.05) is 18.3 Å². The zero-order chi connectivity index (χ0) is 15.2. The molecule has 0 spiro atoms. The SMILES string of the molecule is CC1CCCC(C)N1NC(=O)c1ccc(C#CCCO)s1. The molecule has 1 aromatic rings. The Morgan fingerprint density at radius 1 is 1.43 bits per heavy atom. The van der Waals surface area contributed by atoms with Crippen LogP contribution in [0, 0.1) is 11.8 Å². The molecule has 2 rings (SSSR count). The third-order valence-electron chi connectivity index (χ3n) is 3.70. The summed E-state index contributed by atoms with van der Waals surface area (Å²) in [6.07, 6.45) is 3.92. The summed E-state index contributed by atoms with van der Waals surface area (Å²) < 4.78 is 0. The summed E-state index contributed by atoms with van der Waals surface area (Å²) >= 11 is 1.39. The number of hydrazine groups is 1. The fourth-order valence-electron chi connectivity index (χ4n) is 2.55. The Morgan fingerprint density at radius 3 is 2.81 bits per heavy atom. The highest BCUT2D eigenvalue weighted by molar-refractivity contribution is 7.14. The molecule has 5 heteroatoms. The van der Waals surface area contributed by atoms with E-state index in [1.54, 1.807) is 0 Å². The second-order valence-electron chi connectivity index (χ2n) is 5.42. The molecule has 1 fully saturated rings. The summed E-state index contributed by atoms with van der Waals surface area (Å²) in [7, 11) is 0. The van der Waals surface area contributed by atoms with E-state index in [4.69, 9.17) is 5.11 Å². The van der Waals surface area contributed by atoms with Crippen molar-refractivity contribution < 1.29 is 9.90 Å². The van der Waals surface area contributed by atoms with Gasteiger partial charge in [-0.2, -0.15) is 0 Å². The number of thiophene rings is 1. The fraction of sp³-hybridized carbons (Fsp3) is 0.562. The Morgan fingerprint density at radius 2 is 2.14 bits per heavy atom. The summed E-state index contributed by atoms with van der Waals surface area (Å²) in [5, 5.41) is 10.8. The highest BCUT2D eigenvalue weighted by Crippen LogP contribution is 2.21. The predicted octanol–water partition coefficient (Wildman–Crippen LogP) is 2.39. The van der Waals surface area contributed by atoms with Crippen LogP contribution in [-0.4, -0.2) is 34.7 Å². The maximum Gasteiger partial charge on any atom is 0.275 e. The van der Waals surface area contributed by atoms with Crippen molar-refractivity contribution in [2.75, 3.05) is 6.61 Å². The molecule has 1 amide bonds. The van der Waals surface area contributed by atoms with Gasteiger partial charge < -0.3 is 5.11 Å². The zero-order valence-corrected chi connectivity index (χ0v) is 13.4. The van der Waals surface area contributed by atoms with E-state index in [1.165, 1.54) is 17.8 Å². The first-order chi connectivity index (χ1) is 10.1. The highest BCUT2D eigenvalue weighted by Gasteiger charge is 2.26. The number of nitrogens with zero attached hydrogens (tertiary/aromatic N) is 1. The van der Waals surface area contributed by atoms with Gasteiger partial charge >= 0.3 is 0 Å². The molecule has 21 heavy (non-hydrogen) atoms. The van der Waals surface area contributed by atoms with E-state index in [9.17, 15) is 4.79 Å². The molecule has 2 unspecified atom stereocenters. The van der Waals surface area contributed by atoms with Crippen molar-refractivity contribution in [3.8, 4) is 11.8 Å². The average molecular weight is 306 g/mol. The van der Waals surface area contributed by atoms with Gasteiger partial charge in [-0.25, -0.2) is 5.01 Å². The van der Waals surface area contributed by atoms with E-state index in [2.05, 4.69) is 36.1 Å². The lowest BCUT2D eigenvalue weighted by atomic mass is 10.00. The number of amides is 1. The second-order valence-corrected chi connectivity index (χ2v) is 6.50. The summed E-state index contributed by atoms with van der Waals surface area (Å²) in [6.45, 7) is 4.36. The van der Waals surface area contributed by atoms with Crippen LogP contribution in [0.3, 0.4) is 0 Å². The second kappa shape index (κ2) is 7.60. The Hall–Kier alpha value is -1.35. The number of hydrogen-bond donors (Lipinski definition) is 2. The zero-order valence-electron chi connectivity index (χ0n) is 12.6. The van der Waals surface area contributed by atoms with Crippen molar-refractivity contribution in [2.24, 2.45) is 0 Å². The summed E-state index contributed by atoms with van der Waals surface area (Å²) in [6, 6.07) is 4.41. The standard InChI is InChI=1S/C16H22N2O2S/c1-12-6-5-7-13(2)18(12)17-16(20)15-10-9-14(21-15)8-3-4-11-19/h9-10,12-13,19H,4-7,11H2,1-2H3,(H,17,20). The van der Waals surface area contributed by atoms with E-state index in [0.29, 0.717) is 23.4 Å². The molecule has 2 N–H and O–H groups in total. The van der Waals surface area contributed by atoms with Crippen molar-refractivity contribution >= 4 is 17.2 Å². The number of rotatable bonds is 3. The molecule has 2 atom stereocenters. The van der Waals surface area contributed by atoms with Crippen LogP contribution in [0.1, 0.15) is 54.1 Å². The van der Waals surface area contributed by atoms with Crippen LogP contribution in [0.25, 0.3) is 0 Å². The van der Waals surface area contributed by atoms with Crippen LogP contribution in [0.2, 0.25) is 0 Å². The number of aliphatic hydroxyl groups excluding tert-OH is 1. The molecule has 114 valence electrons. The molecule has 2 heterocycles. The van der Waals surface area contributed by atoms with Crippen molar-refractivity contribution in [3.63, 3.8) is 0 Å². The van der Waals surface area contributed by atoms with E-state index in [1.807, 2.05) is 12.1 Å². The number of aliphatic hydroxyl groups is 1. The van der Waals surface area contributed by atoms with Crippen LogP contribution >= 0.6 is 11.3 Å². The van der Waals surface area contributed by atoms with Crippen LogP contribution in [0.5, 0.6) is 0 Å². The summed E-state index contributed by atoms with van der Waals surface area (Å²) in [5.74, 6) is 5.76. The van der Waals surface area contributed by atoms with Crippen LogP contribution in [-0.2, 0) is 0 Å². The molecule has 1 aliphatic heterocycles. The van der Waals surface area contributed by atoms with Gasteiger partial charge in [0.2, 0.25) is 0 Å².